The first kappa shape index (κ1) is 20.4. The summed E-state index contributed by atoms with van der Waals surface area (Å²) in [6.45, 7) is 3.54. The molecule has 0 bridgehead atoms. The summed E-state index contributed by atoms with van der Waals surface area (Å²) in [5, 5.41) is 14.7. The fourth-order valence-corrected chi connectivity index (χ4v) is 4.40. The Morgan fingerprint density at radius 1 is 1.14 bits per heavy atom. The number of halogens is 3. The maximum absolute atomic E-state index is 12.6. The number of carbonyl (C=O) groups is 1. The van der Waals surface area contributed by atoms with E-state index in [0.29, 0.717) is 10.6 Å². The summed E-state index contributed by atoms with van der Waals surface area (Å²) in [7, 11) is 0. The quantitative estimate of drug-likeness (QED) is 0.530. The van der Waals surface area contributed by atoms with Crippen molar-refractivity contribution >= 4 is 61.6 Å². The second-order valence-electron chi connectivity index (χ2n) is 7.14. The number of nitrogens with zero attached hydrogens (tertiary/aromatic N) is 3. The Balaban J connectivity index is 1.46. The van der Waals surface area contributed by atoms with E-state index in [0.717, 1.165) is 52.7 Å². The number of nitrogens with one attached hydrogen (secondary N) is 1. The van der Waals surface area contributed by atoms with Gasteiger partial charge in [-0.3, -0.25) is 4.79 Å². The van der Waals surface area contributed by atoms with Gasteiger partial charge in [0.2, 0.25) is 0 Å². The van der Waals surface area contributed by atoms with Crippen LogP contribution in [-0.4, -0.2) is 35.2 Å². The minimum atomic E-state index is -0.193. The lowest BCUT2D eigenvalue weighted by molar-refractivity contribution is 0.0931. The third-order valence-corrected chi connectivity index (χ3v) is 6.55. The monoisotopic (exact) mass is 492 g/mol. The van der Waals surface area contributed by atoms with Gasteiger partial charge < -0.3 is 10.2 Å². The number of aromatic nitrogens is 2. The molecule has 3 aromatic rings. The third-order valence-electron chi connectivity index (χ3n) is 5.23. The highest BCUT2D eigenvalue weighted by molar-refractivity contribution is 9.10. The number of hydrogen-bond acceptors (Lipinski definition) is 4. The summed E-state index contributed by atoms with van der Waals surface area (Å²) in [6.07, 6.45) is 1.63. The molecule has 0 unspecified atom stereocenters. The van der Waals surface area contributed by atoms with Crippen molar-refractivity contribution in [3.8, 4) is 0 Å². The number of carbonyl (C=O) groups excluding carboxylic acids is 1. The van der Waals surface area contributed by atoms with Gasteiger partial charge in [-0.2, -0.15) is 5.10 Å². The molecule has 8 heteroatoms. The molecule has 1 aromatic heterocycles. The van der Waals surface area contributed by atoms with Gasteiger partial charge in [-0.1, -0.05) is 45.2 Å². The highest BCUT2D eigenvalue weighted by atomic mass is 79.9. The van der Waals surface area contributed by atoms with Gasteiger partial charge >= 0.3 is 0 Å². The summed E-state index contributed by atoms with van der Waals surface area (Å²) in [4.78, 5) is 14.8. The Morgan fingerprint density at radius 3 is 2.66 bits per heavy atom. The van der Waals surface area contributed by atoms with Crippen LogP contribution in [-0.2, 0) is 0 Å². The second kappa shape index (κ2) is 8.46. The number of piperidine rings is 1. The summed E-state index contributed by atoms with van der Waals surface area (Å²) in [5.74, 6) is 0.696. The van der Waals surface area contributed by atoms with Crippen molar-refractivity contribution in [3.05, 3.63) is 62.2 Å². The van der Waals surface area contributed by atoms with Gasteiger partial charge in [0.05, 0.1) is 21.3 Å². The summed E-state index contributed by atoms with van der Waals surface area (Å²) < 4.78 is 1.02. The van der Waals surface area contributed by atoms with Crippen LogP contribution < -0.4 is 10.2 Å². The minimum absolute atomic E-state index is 0.0765. The molecule has 1 aliphatic rings. The Kier molecular flexibility index (Phi) is 5.95. The molecule has 0 atom stereocenters. The van der Waals surface area contributed by atoms with E-state index < -0.39 is 0 Å². The van der Waals surface area contributed by atoms with Crippen molar-refractivity contribution in [2.75, 3.05) is 18.0 Å². The van der Waals surface area contributed by atoms with Crippen LogP contribution >= 0.6 is 39.1 Å². The van der Waals surface area contributed by atoms with Gasteiger partial charge in [0.15, 0.2) is 5.82 Å². The number of aryl methyl sites for hydroxylation is 1. The number of fused-ring (bicyclic) bond motifs is 1. The zero-order valence-electron chi connectivity index (χ0n) is 15.8. The Hall–Kier alpha value is -1.89. The molecule has 1 amide bonds. The van der Waals surface area contributed by atoms with Gasteiger partial charge in [-0.05, 0) is 50.1 Å². The number of hydrogen-bond donors (Lipinski definition) is 1. The van der Waals surface area contributed by atoms with Crippen LogP contribution in [0.2, 0.25) is 10.0 Å². The van der Waals surface area contributed by atoms with Crippen LogP contribution in [0.25, 0.3) is 10.8 Å². The molecule has 0 radical (unpaired) electrons. The standard InChI is InChI=1S/C21H19BrCl2N4O/c1-12-17-11-13(22)5-6-15(17)20(27-26-12)28-9-7-14(8-10-28)25-21(29)16-3-2-4-18(23)19(16)24/h2-6,11,14H,7-10H2,1H3,(H,25,29). The normalized spacial score (nSPS) is 15.0. The largest absolute Gasteiger partial charge is 0.354 e. The lowest BCUT2D eigenvalue weighted by Crippen LogP contribution is -2.45. The number of benzene rings is 2. The maximum atomic E-state index is 12.6. The molecule has 4 rings (SSSR count). The molecule has 1 fully saturated rings. The molecule has 0 saturated carbocycles. The van der Waals surface area contributed by atoms with Gasteiger partial charge in [0.1, 0.15) is 0 Å². The summed E-state index contributed by atoms with van der Waals surface area (Å²) >= 11 is 15.7. The first-order valence-corrected chi connectivity index (χ1v) is 10.9. The van der Waals surface area contributed by atoms with Crippen molar-refractivity contribution in [1.29, 1.82) is 0 Å². The van der Waals surface area contributed by atoms with Crippen LogP contribution in [0.1, 0.15) is 28.9 Å². The molecule has 0 spiro atoms. The Bertz CT molecular complexity index is 1080. The highest BCUT2D eigenvalue weighted by Gasteiger charge is 2.24. The van der Waals surface area contributed by atoms with Crippen LogP contribution in [0, 0.1) is 6.92 Å². The molecule has 150 valence electrons. The van der Waals surface area contributed by atoms with E-state index in [1.54, 1.807) is 18.2 Å². The van der Waals surface area contributed by atoms with Crippen LogP contribution in [0.3, 0.4) is 0 Å². The smallest absolute Gasteiger partial charge is 0.253 e. The van der Waals surface area contributed by atoms with Gasteiger partial charge in [-0.25, -0.2) is 0 Å². The molecular formula is C21H19BrCl2N4O. The van der Waals surface area contributed by atoms with Crippen molar-refractivity contribution in [2.45, 2.75) is 25.8 Å². The zero-order chi connectivity index (χ0) is 20.5. The molecule has 5 nitrogen and oxygen atoms in total. The van der Waals surface area contributed by atoms with Crippen molar-refractivity contribution in [3.63, 3.8) is 0 Å². The predicted molar refractivity (Wildman–Crippen MR) is 121 cm³/mol. The zero-order valence-corrected chi connectivity index (χ0v) is 18.9. The van der Waals surface area contributed by atoms with Crippen LogP contribution in [0.15, 0.2) is 40.9 Å². The van der Waals surface area contributed by atoms with Crippen LogP contribution in [0.4, 0.5) is 5.82 Å². The number of rotatable bonds is 3. The second-order valence-corrected chi connectivity index (χ2v) is 8.84. The first-order valence-electron chi connectivity index (χ1n) is 9.36. The van der Waals surface area contributed by atoms with E-state index >= 15 is 0 Å². The Morgan fingerprint density at radius 2 is 1.90 bits per heavy atom. The van der Waals surface area contributed by atoms with Gasteiger partial charge in [0, 0.05) is 34.4 Å². The fourth-order valence-electron chi connectivity index (χ4n) is 3.65. The lowest BCUT2D eigenvalue weighted by atomic mass is 10.0. The fraction of sp³-hybridized carbons (Fsp3) is 0.286. The molecule has 2 aromatic carbocycles. The maximum Gasteiger partial charge on any atom is 0.253 e. The summed E-state index contributed by atoms with van der Waals surface area (Å²) in [6, 6.07) is 11.3. The molecule has 1 aliphatic heterocycles. The van der Waals surface area contributed by atoms with Gasteiger partial charge in [-0.15, -0.1) is 5.10 Å². The molecule has 0 aliphatic carbocycles. The predicted octanol–water partition coefficient (Wildman–Crippen LogP) is 5.41. The van der Waals surface area contributed by atoms with E-state index in [4.69, 9.17) is 23.2 Å². The van der Waals surface area contributed by atoms with E-state index in [1.807, 2.05) is 13.0 Å². The summed E-state index contributed by atoms with van der Waals surface area (Å²) in [5.41, 5.74) is 1.31. The van der Waals surface area contributed by atoms with Crippen molar-refractivity contribution in [1.82, 2.24) is 15.5 Å². The van der Waals surface area contributed by atoms with E-state index in [2.05, 4.69) is 48.5 Å². The molecule has 2 heterocycles. The minimum Gasteiger partial charge on any atom is -0.354 e. The van der Waals surface area contributed by atoms with Crippen molar-refractivity contribution < 1.29 is 4.79 Å². The van der Waals surface area contributed by atoms with E-state index in [9.17, 15) is 4.79 Å². The molecular weight excluding hydrogens is 475 g/mol. The van der Waals surface area contributed by atoms with E-state index in [1.165, 1.54) is 0 Å². The first-order chi connectivity index (χ1) is 13.9. The Labute approximate surface area is 187 Å². The molecule has 1 saturated heterocycles. The number of anilines is 1. The number of amides is 1. The SMILES string of the molecule is Cc1nnc(N2CCC(NC(=O)c3cccc(Cl)c3Cl)CC2)c2ccc(Br)cc12. The molecule has 29 heavy (non-hydrogen) atoms. The molecule has 1 N–H and O–H groups in total. The highest BCUT2D eigenvalue weighted by Crippen LogP contribution is 2.30. The lowest BCUT2D eigenvalue weighted by Gasteiger charge is -2.33. The van der Waals surface area contributed by atoms with Crippen LogP contribution in [0.5, 0.6) is 0 Å². The average molecular weight is 494 g/mol. The van der Waals surface area contributed by atoms with Crippen molar-refractivity contribution in [2.24, 2.45) is 0 Å². The average Bonchev–Trinajstić information content (AvgIpc) is 2.71. The van der Waals surface area contributed by atoms with E-state index in [-0.39, 0.29) is 17.0 Å². The topological polar surface area (TPSA) is 58.1 Å². The van der Waals surface area contributed by atoms with Gasteiger partial charge in [0.25, 0.3) is 5.91 Å². The third kappa shape index (κ3) is 4.20.